The largest absolute Gasteiger partial charge is 0.328 e. The van der Waals surface area contributed by atoms with Crippen LogP contribution in [0.1, 0.15) is 38.8 Å². The monoisotopic (exact) mass is 301 g/mol. The normalized spacial score (nSPS) is 13.2. The van der Waals surface area contributed by atoms with Gasteiger partial charge in [-0.2, -0.15) is 0 Å². The summed E-state index contributed by atoms with van der Waals surface area (Å²) < 4.78 is 0. The minimum absolute atomic E-state index is 0.136. The van der Waals surface area contributed by atoms with Crippen LogP contribution in [0.4, 0.5) is 0 Å². The molecule has 0 radical (unpaired) electrons. The van der Waals surface area contributed by atoms with Crippen LogP contribution in [-0.2, 0) is 11.8 Å². The lowest BCUT2D eigenvalue weighted by Crippen LogP contribution is -2.17. The number of benzene rings is 1. The molecule has 1 unspecified atom stereocenters. The Labute approximate surface area is 131 Å². The van der Waals surface area contributed by atoms with E-state index in [4.69, 9.17) is 5.73 Å². The van der Waals surface area contributed by atoms with Crippen molar-refractivity contribution in [3.8, 4) is 0 Å². The summed E-state index contributed by atoms with van der Waals surface area (Å²) in [7, 11) is 0. The van der Waals surface area contributed by atoms with Crippen LogP contribution in [0, 0.1) is 0 Å². The smallest absolute Gasteiger partial charge is 0.192 e. The number of nitrogens with two attached hydrogens (primary N) is 1. The van der Waals surface area contributed by atoms with E-state index in [-0.39, 0.29) is 11.5 Å². The topological polar surface area (TPSA) is 51.8 Å². The molecule has 0 aliphatic heterocycles. The summed E-state index contributed by atoms with van der Waals surface area (Å²) in [6.45, 7) is 8.64. The highest BCUT2D eigenvalue weighted by molar-refractivity contribution is 7.99. The van der Waals surface area contributed by atoms with E-state index in [0.717, 1.165) is 22.0 Å². The van der Waals surface area contributed by atoms with Crippen LogP contribution in [0.15, 0.2) is 46.7 Å². The average Bonchev–Trinajstić information content (AvgIpc) is 2.40. The van der Waals surface area contributed by atoms with Crippen LogP contribution < -0.4 is 5.73 Å². The highest BCUT2D eigenvalue weighted by atomic mass is 32.2. The van der Waals surface area contributed by atoms with Gasteiger partial charge >= 0.3 is 0 Å². The zero-order valence-electron chi connectivity index (χ0n) is 13.1. The third kappa shape index (κ3) is 4.83. The Kier molecular flexibility index (Phi) is 5.01. The molecule has 3 nitrogen and oxygen atoms in total. The Morgan fingerprint density at radius 3 is 2.14 bits per heavy atom. The Bertz CT molecular complexity index is 568. The molecule has 4 heteroatoms. The van der Waals surface area contributed by atoms with E-state index in [1.807, 2.05) is 19.3 Å². The molecular formula is C17H23N3S. The second kappa shape index (κ2) is 6.58. The van der Waals surface area contributed by atoms with Crippen LogP contribution in [0.5, 0.6) is 0 Å². The molecule has 1 atom stereocenters. The zero-order valence-corrected chi connectivity index (χ0v) is 13.9. The number of aromatic nitrogens is 2. The molecule has 2 aromatic rings. The van der Waals surface area contributed by atoms with E-state index in [1.54, 1.807) is 11.8 Å². The van der Waals surface area contributed by atoms with Crippen molar-refractivity contribution in [2.75, 3.05) is 0 Å². The van der Waals surface area contributed by atoms with E-state index < -0.39 is 0 Å². The summed E-state index contributed by atoms with van der Waals surface area (Å²) in [5, 5.41) is 0.770. The van der Waals surface area contributed by atoms with Crippen molar-refractivity contribution in [2.24, 2.45) is 5.73 Å². The first kappa shape index (κ1) is 16.0. The fourth-order valence-corrected chi connectivity index (χ4v) is 2.70. The van der Waals surface area contributed by atoms with Gasteiger partial charge in [-0.3, -0.25) is 0 Å². The van der Waals surface area contributed by atoms with Crippen molar-refractivity contribution in [2.45, 2.75) is 55.6 Å². The second-order valence-corrected chi connectivity index (χ2v) is 7.47. The highest BCUT2D eigenvalue weighted by Crippen LogP contribution is 2.28. The van der Waals surface area contributed by atoms with Gasteiger partial charge in [0, 0.05) is 23.3 Å². The summed E-state index contributed by atoms with van der Waals surface area (Å²) in [5.41, 5.74) is 8.37. The SMILES string of the molecule is CC(N)Cc1cnc(Sc2ccc(C(C)(C)C)cc2)nc1. The Morgan fingerprint density at radius 1 is 1.10 bits per heavy atom. The number of hydrogen-bond acceptors (Lipinski definition) is 4. The van der Waals surface area contributed by atoms with Crippen molar-refractivity contribution < 1.29 is 0 Å². The van der Waals surface area contributed by atoms with Crippen molar-refractivity contribution in [1.82, 2.24) is 9.97 Å². The zero-order chi connectivity index (χ0) is 15.5. The van der Waals surface area contributed by atoms with Crippen LogP contribution in [0.3, 0.4) is 0 Å². The summed E-state index contributed by atoms with van der Waals surface area (Å²) in [5.74, 6) is 0. The highest BCUT2D eigenvalue weighted by Gasteiger charge is 2.13. The minimum atomic E-state index is 0.136. The van der Waals surface area contributed by atoms with Gasteiger partial charge < -0.3 is 5.73 Å². The molecular weight excluding hydrogens is 278 g/mol. The molecule has 1 aromatic heterocycles. The van der Waals surface area contributed by atoms with Gasteiger partial charge in [0.15, 0.2) is 5.16 Å². The van der Waals surface area contributed by atoms with Gasteiger partial charge in [-0.15, -0.1) is 0 Å². The molecule has 21 heavy (non-hydrogen) atoms. The van der Waals surface area contributed by atoms with Crippen molar-refractivity contribution in [1.29, 1.82) is 0 Å². The van der Waals surface area contributed by atoms with Crippen LogP contribution in [0.25, 0.3) is 0 Å². The fourth-order valence-electron chi connectivity index (χ4n) is 2.00. The molecule has 0 saturated heterocycles. The fraction of sp³-hybridized carbons (Fsp3) is 0.412. The molecule has 0 bridgehead atoms. The van der Waals surface area contributed by atoms with Gasteiger partial charge in [0.1, 0.15) is 0 Å². The van der Waals surface area contributed by atoms with Gasteiger partial charge in [-0.25, -0.2) is 9.97 Å². The van der Waals surface area contributed by atoms with E-state index in [1.165, 1.54) is 5.56 Å². The molecule has 0 aliphatic rings. The average molecular weight is 301 g/mol. The lowest BCUT2D eigenvalue weighted by molar-refractivity contribution is 0.590. The number of rotatable bonds is 4. The molecule has 2 N–H and O–H groups in total. The maximum absolute atomic E-state index is 5.77. The Hall–Kier alpha value is -1.39. The molecule has 0 amide bonds. The van der Waals surface area contributed by atoms with E-state index >= 15 is 0 Å². The summed E-state index contributed by atoms with van der Waals surface area (Å²) in [6.07, 6.45) is 4.54. The molecule has 0 fully saturated rings. The van der Waals surface area contributed by atoms with Crippen molar-refractivity contribution in [3.63, 3.8) is 0 Å². The van der Waals surface area contributed by atoms with Crippen molar-refractivity contribution >= 4 is 11.8 Å². The third-order valence-electron chi connectivity index (χ3n) is 3.17. The Morgan fingerprint density at radius 2 is 1.67 bits per heavy atom. The molecule has 1 heterocycles. The van der Waals surface area contributed by atoms with Crippen LogP contribution >= 0.6 is 11.8 Å². The Balaban J connectivity index is 2.04. The second-order valence-electron chi connectivity index (χ2n) is 6.43. The lowest BCUT2D eigenvalue weighted by Gasteiger charge is -2.18. The summed E-state index contributed by atoms with van der Waals surface area (Å²) >= 11 is 1.58. The van der Waals surface area contributed by atoms with Gasteiger partial charge in [0.2, 0.25) is 0 Å². The molecule has 0 aliphatic carbocycles. The third-order valence-corrected chi connectivity index (χ3v) is 4.07. The first-order valence-electron chi connectivity index (χ1n) is 7.19. The summed E-state index contributed by atoms with van der Waals surface area (Å²) in [4.78, 5) is 9.94. The molecule has 0 spiro atoms. The standard InChI is InChI=1S/C17H23N3S/c1-12(18)9-13-10-19-16(20-11-13)21-15-7-5-14(6-8-15)17(2,3)4/h5-8,10-12H,9,18H2,1-4H3. The maximum atomic E-state index is 5.77. The first-order valence-corrected chi connectivity index (χ1v) is 8.01. The van der Waals surface area contributed by atoms with E-state index in [9.17, 15) is 0 Å². The van der Waals surface area contributed by atoms with Gasteiger partial charge in [-0.05, 0) is 53.8 Å². The predicted molar refractivity (Wildman–Crippen MR) is 88.7 cm³/mol. The lowest BCUT2D eigenvalue weighted by atomic mass is 9.87. The van der Waals surface area contributed by atoms with Gasteiger partial charge in [0.05, 0.1) is 0 Å². The molecule has 112 valence electrons. The first-order chi connectivity index (χ1) is 9.84. The quantitative estimate of drug-likeness (QED) is 0.872. The van der Waals surface area contributed by atoms with E-state index in [2.05, 4.69) is 55.0 Å². The van der Waals surface area contributed by atoms with Gasteiger partial charge in [0.25, 0.3) is 0 Å². The van der Waals surface area contributed by atoms with Gasteiger partial charge in [-0.1, -0.05) is 32.9 Å². The van der Waals surface area contributed by atoms with Crippen LogP contribution in [-0.4, -0.2) is 16.0 Å². The molecule has 0 saturated carbocycles. The summed E-state index contributed by atoms with van der Waals surface area (Å²) in [6, 6.07) is 8.74. The maximum Gasteiger partial charge on any atom is 0.192 e. The van der Waals surface area contributed by atoms with E-state index in [0.29, 0.717) is 0 Å². The molecule has 2 rings (SSSR count). The minimum Gasteiger partial charge on any atom is -0.328 e. The van der Waals surface area contributed by atoms with Crippen LogP contribution in [0.2, 0.25) is 0 Å². The number of nitrogens with zero attached hydrogens (tertiary/aromatic N) is 2. The van der Waals surface area contributed by atoms with Crippen molar-refractivity contribution in [3.05, 3.63) is 47.8 Å². The number of hydrogen-bond donors (Lipinski definition) is 1. The molecule has 1 aromatic carbocycles. The predicted octanol–water partition coefficient (Wildman–Crippen LogP) is 3.82.